The highest BCUT2D eigenvalue weighted by atomic mass is 32.1. The molecule has 1 atom stereocenters. The van der Waals surface area contributed by atoms with Gasteiger partial charge in [-0.3, -0.25) is 10.1 Å². The first-order valence-electron chi connectivity index (χ1n) is 7.39. The molecular formula is C15H24N2O2S. The Labute approximate surface area is 125 Å². The van der Waals surface area contributed by atoms with Gasteiger partial charge in [-0.15, -0.1) is 11.3 Å². The van der Waals surface area contributed by atoms with Gasteiger partial charge >= 0.3 is 0 Å². The zero-order valence-corrected chi connectivity index (χ0v) is 13.2. The van der Waals surface area contributed by atoms with E-state index in [1.54, 1.807) is 11.3 Å². The predicted molar refractivity (Wildman–Crippen MR) is 81.9 cm³/mol. The summed E-state index contributed by atoms with van der Waals surface area (Å²) in [5, 5.41) is 3.29. The lowest BCUT2D eigenvalue weighted by atomic mass is 10.3. The molecule has 1 amide bonds. The van der Waals surface area contributed by atoms with Crippen LogP contribution in [0, 0.1) is 6.92 Å². The lowest BCUT2D eigenvalue weighted by molar-refractivity contribution is -0.128. The molecule has 2 heterocycles. The summed E-state index contributed by atoms with van der Waals surface area (Å²) in [7, 11) is 0. The third kappa shape index (κ3) is 4.04. The molecule has 20 heavy (non-hydrogen) atoms. The number of nitrogens with one attached hydrogen (secondary N) is 1. The highest BCUT2D eigenvalue weighted by Crippen LogP contribution is 2.28. The van der Waals surface area contributed by atoms with Crippen molar-refractivity contribution in [2.45, 2.75) is 39.3 Å². The highest BCUT2D eigenvalue weighted by Gasteiger charge is 2.31. The molecule has 0 radical (unpaired) electrons. The van der Waals surface area contributed by atoms with Crippen molar-refractivity contribution in [1.82, 2.24) is 10.2 Å². The molecular weight excluding hydrogens is 272 g/mol. The summed E-state index contributed by atoms with van der Waals surface area (Å²) in [5.74, 6) is 0.189. The van der Waals surface area contributed by atoms with Gasteiger partial charge in [-0.2, -0.15) is 0 Å². The van der Waals surface area contributed by atoms with E-state index in [0.29, 0.717) is 6.54 Å². The fraction of sp³-hybridized carbons (Fsp3) is 0.667. The van der Waals surface area contributed by atoms with Crippen LogP contribution in [0.4, 0.5) is 0 Å². The fourth-order valence-electron chi connectivity index (χ4n) is 2.33. The van der Waals surface area contributed by atoms with E-state index in [0.717, 1.165) is 39.0 Å². The van der Waals surface area contributed by atoms with Gasteiger partial charge in [-0.05, 0) is 31.9 Å². The largest absolute Gasteiger partial charge is 0.381 e. The van der Waals surface area contributed by atoms with Crippen molar-refractivity contribution >= 4 is 17.2 Å². The Kier molecular flexibility index (Phi) is 6.01. The number of aryl methyl sites for hydroxylation is 1. The van der Waals surface area contributed by atoms with Crippen molar-refractivity contribution < 1.29 is 9.53 Å². The average Bonchev–Trinajstić information content (AvgIpc) is 3.01. The topological polar surface area (TPSA) is 41.6 Å². The van der Waals surface area contributed by atoms with Crippen molar-refractivity contribution in [2.24, 2.45) is 0 Å². The summed E-state index contributed by atoms with van der Waals surface area (Å²) in [5.41, 5.74) is 0. The number of unbranched alkanes of at least 4 members (excludes halogenated alkanes) is 1. The van der Waals surface area contributed by atoms with Crippen LogP contribution in [0.25, 0.3) is 0 Å². The maximum absolute atomic E-state index is 12.0. The third-order valence-corrected chi connectivity index (χ3v) is 4.49. The van der Waals surface area contributed by atoms with Crippen molar-refractivity contribution in [2.75, 3.05) is 26.3 Å². The monoisotopic (exact) mass is 296 g/mol. The molecule has 1 fully saturated rings. The van der Waals surface area contributed by atoms with Crippen LogP contribution in [0.1, 0.15) is 42.1 Å². The standard InChI is InChI=1S/C15H24N2O2S/c1-3-4-9-19-10-5-8-17-14(18)11-16-15(17)13-7-6-12(2)20-13/h6-7,15-16H,3-5,8-11H2,1-2H3. The second-order valence-corrected chi connectivity index (χ2v) is 6.46. The van der Waals surface area contributed by atoms with E-state index in [4.69, 9.17) is 4.74 Å². The van der Waals surface area contributed by atoms with Gasteiger partial charge in [-0.25, -0.2) is 0 Å². The van der Waals surface area contributed by atoms with Crippen LogP contribution in [-0.2, 0) is 9.53 Å². The second kappa shape index (κ2) is 7.76. The molecule has 5 heteroatoms. The molecule has 1 aromatic rings. The molecule has 112 valence electrons. The molecule has 1 aromatic heterocycles. The minimum atomic E-state index is 0.0526. The molecule has 1 aliphatic rings. The summed E-state index contributed by atoms with van der Waals surface area (Å²) >= 11 is 1.75. The Morgan fingerprint density at radius 1 is 1.40 bits per heavy atom. The summed E-state index contributed by atoms with van der Waals surface area (Å²) in [6, 6.07) is 4.22. The van der Waals surface area contributed by atoms with Gasteiger partial charge in [0.25, 0.3) is 0 Å². The van der Waals surface area contributed by atoms with Gasteiger partial charge in [0.05, 0.1) is 6.54 Å². The molecule has 0 saturated carbocycles. The molecule has 0 aliphatic carbocycles. The summed E-state index contributed by atoms with van der Waals surface area (Å²) in [6.07, 6.45) is 3.23. The molecule has 0 spiro atoms. The zero-order valence-electron chi connectivity index (χ0n) is 12.4. The lowest BCUT2D eigenvalue weighted by Gasteiger charge is -2.23. The number of ether oxygens (including phenoxy) is 1. The first kappa shape index (κ1) is 15.5. The molecule has 1 unspecified atom stereocenters. The maximum atomic E-state index is 12.0. The maximum Gasteiger partial charge on any atom is 0.238 e. The number of nitrogens with zero attached hydrogens (tertiary/aromatic N) is 1. The molecule has 0 bridgehead atoms. The van der Waals surface area contributed by atoms with Gasteiger partial charge in [0.2, 0.25) is 5.91 Å². The first-order chi connectivity index (χ1) is 9.72. The Hall–Kier alpha value is -0.910. The van der Waals surface area contributed by atoms with E-state index in [1.807, 2.05) is 4.90 Å². The Morgan fingerprint density at radius 3 is 2.90 bits per heavy atom. The number of hydrogen-bond acceptors (Lipinski definition) is 4. The van der Waals surface area contributed by atoms with Gasteiger partial charge in [0, 0.05) is 29.5 Å². The van der Waals surface area contributed by atoms with Crippen LogP contribution in [0.15, 0.2) is 12.1 Å². The predicted octanol–water partition coefficient (Wildman–Crippen LogP) is 2.69. The number of hydrogen-bond donors (Lipinski definition) is 1. The van der Waals surface area contributed by atoms with Crippen LogP contribution in [0.5, 0.6) is 0 Å². The molecule has 1 N–H and O–H groups in total. The van der Waals surface area contributed by atoms with Crippen LogP contribution < -0.4 is 5.32 Å². The summed E-state index contributed by atoms with van der Waals surface area (Å²) < 4.78 is 5.56. The van der Waals surface area contributed by atoms with Gasteiger partial charge in [0.1, 0.15) is 6.17 Å². The van der Waals surface area contributed by atoms with Crippen LogP contribution in [0.2, 0.25) is 0 Å². The molecule has 0 aromatic carbocycles. The Balaban J connectivity index is 1.80. The van der Waals surface area contributed by atoms with Crippen molar-refractivity contribution in [1.29, 1.82) is 0 Å². The van der Waals surface area contributed by atoms with E-state index in [2.05, 4.69) is 31.3 Å². The van der Waals surface area contributed by atoms with Gasteiger partial charge < -0.3 is 9.64 Å². The average molecular weight is 296 g/mol. The van der Waals surface area contributed by atoms with Gasteiger partial charge in [-0.1, -0.05) is 13.3 Å². The molecule has 1 aliphatic heterocycles. The van der Waals surface area contributed by atoms with E-state index < -0.39 is 0 Å². The minimum Gasteiger partial charge on any atom is -0.381 e. The molecule has 2 rings (SSSR count). The SMILES string of the molecule is CCCCOCCCN1C(=O)CNC1c1ccc(C)s1. The number of rotatable bonds is 8. The van der Waals surface area contributed by atoms with Crippen LogP contribution in [-0.4, -0.2) is 37.1 Å². The summed E-state index contributed by atoms with van der Waals surface area (Å²) in [4.78, 5) is 16.4. The minimum absolute atomic E-state index is 0.0526. The van der Waals surface area contributed by atoms with Crippen molar-refractivity contribution in [3.8, 4) is 0 Å². The van der Waals surface area contributed by atoms with Crippen LogP contribution in [0.3, 0.4) is 0 Å². The zero-order chi connectivity index (χ0) is 14.4. The summed E-state index contributed by atoms with van der Waals surface area (Å²) in [6.45, 7) is 7.02. The van der Waals surface area contributed by atoms with Crippen molar-refractivity contribution in [3.63, 3.8) is 0 Å². The van der Waals surface area contributed by atoms with Crippen molar-refractivity contribution in [3.05, 3.63) is 21.9 Å². The van der Waals surface area contributed by atoms with E-state index in [1.165, 1.54) is 9.75 Å². The van der Waals surface area contributed by atoms with E-state index >= 15 is 0 Å². The first-order valence-corrected chi connectivity index (χ1v) is 8.21. The third-order valence-electron chi connectivity index (χ3n) is 3.44. The van der Waals surface area contributed by atoms with Crippen LogP contribution >= 0.6 is 11.3 Å². The fourth-order valence-corrected chi connectivity index (χ4v) is 3.30. The number of carbonyl (C=O) groups is 1. The Morgan fingerprint density at radius 2 is 2.20 bits per heavy atom. The lowest BCUT2D eigenvalue weighted by Crippen LogP contribution is -2.31. The smallest absolute Gasteiger partial charge is 0.238 e. The normalized spacial score (nSPS) is 19.0. The van der Waals surface area contributed by atoms with E-state index in [9.17, 15) is 4.79 Å². The number of carbonyl (C=O) groups excluding carboxylic acids is 1. The van der Waals surface area contributed by atoms with Gasteiger partial charge in [0.15, 0.2) is 0 Å². The molecule has 4 nitrogen and oxygen atoms in total. The number of amides is 1. The highest BCUT2D eigenvalue weighted by molar-refractivity contribution is 7.12. The Bertz CT molecular complexity index is 433. The molecule has 1 saturated heterocycles. The van der Waals surface area contributed by atoms with E-state index in [-0.39, 0.29) is 12.1 Å². The second-order valence-electron chi connectivity index (χ2n) is 5.14. The number of thiophene rings is 1. The quantitative estimate of drug-likeness (QED) is 0.750.